The average molecular weight is 223 g/mol. The quantitative estimate of drug-likeness (QED) is 0.573. The van der Waals surface area contributed by atoms with Gasteiger partial charge in [-0.2, -0.15) is 18.2 Å². The molecule has 0 aliphatic heterocycles. The van der Waals surface area contributed by atoms with Gasteiger partial charge in [-0.05, 0) is 5.56 Å². The van der Waals surface area contributed by atoms with E-state index in [1.54, 1.807) is 0 Å². The molecule has 16 heavy (non-hydrogen) atoms. The Morgan fingerprint density at radius 1 is 0.938 bits per heavy atom. The molecule has 0 bridgehead atoms. The Bertz CT molecular complexity index is 333. The fraction of sp³-hybridized carbons (Fsp3) is 0.0714. The van der Waals surface area contributed by atoms with Gasteiger partial charge in [0.15, 0.2) is 0 Å². The van der Waals surface area contributed by atoms with Gasteiger partial charge in [0.25, 0.3) is 0 Å². The van der Waals surface area contributed by atoms with Crippen molar-refractivity contribution in [1.29, 1.82) is 0 Å². The van der Waals surface area contributed by atoms with Gasteiger partial charge in [0, 0.05) is 5.75 Å². The second kappa shape index (κ2) is 8.19. The van der Waals surface area contributed by atoms with E-state index in [1.165, 1.54) is 5.56 Å². The summed E-state index contributed by atoms with van der Waals surface area (Å²) in [5.74, 6) is 0.882. The molecule has 0 N–H and O–H groups in total. The summed E-state index contributed by atoms with van der Waals surface area (Å²) in [7, 11) is 0. The fourth-order valence-electron chi connectivity index (χ4n) is 1.21. The Labute approximate surface area is 114 Å². The molecule has 0 heterocycles. The largest absolute Gasteiger partial charge is 2.00 e. The number of rotatable bonds is 3. The molecule has 0 unspecified atom stereocenters. The van der Waals surface area contributed by atoms with Crippen LogP contribution in [0, 0.1) is 13.5 Å². The van der Waals surface area contributed by atoms with Gasteiger partial charge in [-0.15, -0.1) is 12.1 Å². The van der Waals surface area contributed by atoms with Gasteiger partial charge in [0.05, 0.1) is 0 Å². The van der Waals surface area contributed by atoms with E-state index in [4.69, 9.17) is 4.74 Å². The fourth-order valence-corrected chi connectivity index (χ4v) is 1.21. The smallest absolute Gasteiger partial charge is 0.514 e. The predicted octanol–water partition coefficient (Wildman–Crippen LogP) is 3.14. The van der Waals surface area contributed by atoms with Gasteiger partial charge in [-0.1, -0.05) is 30.3 Å². The third kappa shape index (κ3) is 4.68. The first-order valence-electron chi connectivity index (χ1n) is 4.58. The van der Waals surface area contributed by atoms with Crippen molar-refractivity contribution in [3.05, 3.63) is 73.7 Å². The Morgan fingerprint density at radius 3 is 2.19 bits per heavy atom. The number of ether oxygens (including phenoxy) is 1. The minimum Gasteiger partial charge on any atom is -0.514 e. The summed E-state index contributed by atoms with van der Waals surface area (Å²) in [6, 6.07) is 20.6. The van der Waals surface area contributed by atoms with Crippen LogP contribution in [0.15, 0.2) is 54.6 Å². The predicted molar refractivity (Wildman–Crippen MR) is 68.2 cm³/mol. The molecule has 2 heteroatoms. The number of hydrogen-bond donors (Lipinski definition) is 0. The van der Waals surface area contributed by atoms with Crippen LogP contribution in [-0.2, 0) is 6.61 Å². The van der Waals surface area contributed by atoms with Crippen LogP contribution in [0.4, 0.5) is 0 Å². The second-order valence-corrected chi connectivity index (χ2v) is 3.01. The molecule has 0 aliphatic carbocycles. The first kappa shape index (κ1) is 15.0. The topological polar surface area (TPSA) is 9.23 Å². The SMILES string of the molecule is [CH3-].[Mg+2].[c-]1ccc(OCc2ccccc2)cc1. The van der Waals surface area contributed by atoms with Crippen molar-refractivity contribution in [2.24, 2.45) is 0 Å². The van der Waals surface area contributed by atoms with E-state index in [0.29, 0.717) is 6.61 Å². The second-order valence-electron chi connectivity index (χ2n) is 3.01. The average Bonchev–Trinajstić information content (AvgIpc) is 2.29. The molecular formula is C14H14MgO. The molecule has 0 amide bonds. The molecule has 0 spiro atoms. The maximum absolute atomic E-state index is 5.57. The standard InChI is InChI=1S/C13H11O.CH3.Mg/c1-3-7-12(8-4-1)11-14-13-9-5-2-6-10-13;;/h1,3-10H,11H2;1H3;/q2*-1;+2. The summed E-state index contributed by atoms with van der Waals surface area (Å²) in [6.07, 6.45) is 0. The maximum Gasteiger partial charge on any atom is 2.00 e. The molecular weight excluding hydrogens is 208 g/mol. The Kier molecular flexibility index (Phi) is 7.68. The third-order valence-corrected chi connectivity index (χ3v) is 1.94. The van der Waals surface area contributed by atoms with Crippen molar-refractivity contribution in [2.45, 2.75) is 6.61 Å². The monoisotopic (exact) mass is 222 g/mol. The molecule has 0 saturated carbocycles. The van der Waals surface area contributed by atoms with Gasteiger partial charge >= 0.3 is 23.1 Å². The Balaban J connectivity index is 0.00000112. The maximum atomic E-state index is 5.57. The zero-order valence-electron chi connectivity index (χ0n) is 9.52. The summed E-state index contributed by atoms with van der Waals surface area (Å²) < 4.78 is 5.57. The van der Waals surface area contributed by atoms with Crippen molar-refractivity contribution in [3.63, 3.8) is 0 Å². The van der Waals surface area contributed by atoms with Crippen molar-refractivity contribution in [1.82, 2.24) is 0 Å². The summed E-state index contributed by atoms with van der Waals surface area (Å²) >= 11 is 0. The van der Waals surface area contributed by atoms with Crippen LogP contribution in [0.5, 0.6) is 5.75 Å². The zero-order chi connectivity index (χ0) is 9.64. The van der Waals surface area contributed by atoms with Crippen LogP contribution < -0.4 is 4.74 Å². The van der Waals surface area contributed by atoms with E-state index in [-0.39, 0.29) is 30.5 Å². The number of benzene rings is 2. The summed E-state index contributed by atoms with van der Waals surface area (Å²) in [5.41, 5.74) is 1.18. The van der Waals surface area contributed by atoms with E-state index in [2.05, 4.69) is 18.2 Å². The zero-order valence-corrected chi connectivity index (χ0v) is 10.9. The van der Waals surface area contributed by atoms with Crippen molar-refractivity contribution in [3.8, 4) is 5.75 Å². The van der Waals surface area contributed by atoms with Crippen LogP contribution >= 0.6 is 0 Å². The summed E-state index contributed by atoms with van der Waals surface area (Å²) in [5, 5.41) is 0. The molecule has 0 saturated heterocycles. The molecule has 78 valence electrons. The molecule has 2 aromatic carbocycles. The van der Waals surface area contributed by atoms with E-state index < -0.39 is 0 Å². The molecule has 0 aromatic heterocycles. The minimum absolute atomic E-state index is 0. The molecule has 0 fully saturated rings. The van der Waals surface area contributed by atoms with Crippen molar-refractivity contribution >= 4 is 23.1 Å². The molecule has 0 radical (unpaired) electrons. The van der Waals surface area contributed by atoms with E-state index in [0.717, 1.165) is 5.75 Å². The van der Waals surface area contributed by atoms with Crippen LogP contribution in [0.3, 0.4) is 0 Å². The molecule has 2 rings (SSSR count). The van der Waals surface area contributed by atoms with Crippen LogP contribution in [-0.4, -0.2) is 23.1 Å². The van der Waals surface area contributed by atoms with Crippen LogP contribution in [0.1, 0.15) is 5.56 Å². The van der Waals surface area contributed by atoms with Crippen LogP contribution in [0.2, 0.25) is 0 Å². The van der Waals surface area contributed by atoms with Gasteiger partial charge < -0.3 is 12.2 Å². The van der Waals surface area contributed by atoms with Gasteiger partial charge in [0.1, 0.15) is 6.61 Å². The molecule has 0 atom stereocenters. The van der Waals surface area contributed by atoms with Crippen molar-refractivity contribution < 1.29 is 4.74 Å². The summed E-state index contributed by atoms with van der Waals surface area (Å²) in [4.78, 5) is 0. The molecule has 2 aromatic rings. The Morgan fingerprint density at radius 2 is 1.56 bits per heavy atom. The van der Waals surface area contributed by atoms with E-state index >= 15 is 0 Å². The van der Waals surface area contributed by atoms with E-state index in [9.17, 15) is 0 Å². The normalized spacial score (nSPS) is 8.50. The minimum atomic E-state index is 0. The molecule has 0 aliphatic rings. The summed E-state index contributed by atoms with van der Waals surface area (Å²) in [6.45, 7) is 0.616. The third-order valence-electron chi connectivity index (χ3n) is 1.94. The van der Waals surface area contributed by atoms with Gasteiger partial charge in [0.2, 0.25) is 0 Å². The van der Waals surface area contributed by atoms with Crippen molar-refractivity contribution in [2.75, 3.05) is 0 Å². The van der Waals surface area contributed by atoms with Crippen LogP contribution in [0.25, 0.3) is 0 Å². The number of hydrogen-bond acceptors (Lipinski definition) is 1. The van der Waals surface area contributed by atoms with Gasteiger partial charge in [-0.3, -0.25) is 0 Å². The first-order chi connectivity index (χ1) is 6.95. The van der Waals surface area contributed by atoms with Gasteiger partial charge in [-0.25, -0.2) is 0 Å². The Hall–Kier alpha value is -0.994. The van der Waals surface area contributed by atoms with E-state index in [1.807, 2.05) is 42.5 Å². The molecule has 1 nitrogen and oxygen atoms in total. The first-order valence-corrected chi connectivity index (χ1v) is 4.58.